The van der Waals surface area contributed by atoms with Crippen LogP contribution >= 0.6 is 0 Å². The van der Waals surface area contributed by atoms with Crippen LogP contribution in [0, 0.1) is 5.82 Å². The minimum absolute atomic E-state index is 0.0280. The molecule has 1 aliphatic rings. The maximum absolute atomic E-state index is 13.2. The Morgan fingerprint density at radius 1 is 1.42 bits per heavy atom. The lowest BCUT2D eigenvalue weighted by atomic mass is 10.1. The Kier molecular flexibility index (Phi) is 3.83. The topological polar surface area (TPSA) is 40.6 Å². The molecule has 5 heteroatoms. The third-order valence-corrected chi connectivity index (χ3v) is 3.40. The molecule has 1 unspecified atom stereocenters. The number of benzene rings is 1. The molecule has 1 saturated heterocycles. The van der Waals surface area contributed by atoms with Crippen LogP contribution < -0.4 is 4.90 Å². The quantitative estimate of drug-likeness (QED) is 0.817. The van der Waals surface area contributed by atoms with Crippen molar-refractivity contribution in [3.63, 3.8) is 0 Å². The van der Waals surface area contributed by atoms with E-state index in [1.807, 2.05) is 0 Å². The minimum atomic E-state index is -0.496. The number of nitrogens with zero attached hydrogens (tertiary/aromatic N) is 2. The molecule has 1 atom stereocenters. The fourth-order valence-corrected chi connectivity index (χ4v) is 2.31. The van der Waals surface area contributed by atoms with Crippen LogP contribution in [0.4, 0.5) is 10.1 Å². The van der Waals surface area contributed by atoms with Crippen molar-refractivity contribution in [3.05, 3.63) is 30.1 Å². The van der Waals surface area contributed by atoms with Gasteiger partial charge in [-0.05, 0) is 25.1 Å². The molecular formula is C14H17FN2O2. The summed E-state index contributed by atoms with van der Waals surface area (Å²) < 4.78 is 13.2. The molecule has 0 N–H and O–H groups in total. The molecule has 1 aromatic rings. The Morgan fingerprint density at radius 2 is 2.16 bits per heavy atom. The molecule has 1 aliphatic heterocycles. The number of piperazine rings is 1. The van der Waals surface area contributed by atoms with Gasteiger partial charge in [-0.25, -0.2) is 4.39 Å². The van der Waals surface area contributed by atoms with E-state index in [-0.39, 0.29) is 17.6 Å². The van der Waals surface area contributed by atoms with Gasteiger partial charge in [0.25, 0.3) is 0 Å². The summed E-state index contributed by atoms with van der Waals surface area (Å²) in [5.74, 6) is -0.566. The van der Waals surface area contributed by atoms with Crippen molar-refractivity contribution in [3.8, 4) is 0 Å². The fraction of sp³-hybridized carbons (Fsp3) is 0.429. The third kappa shape index (κ3) is 2.59. The molecule has 0 aliphatic carbocycles. The zero-order chi connectivity index (χ0) is 14.0. The van der Waals surface area contributed by atoms with Gasteiger partial charge in [0.05, 0.1) is 0 Å². The Morgan fingerprint density at radius 3 is 2.79 bits per heavy atom. The van der Waals surface area contributed by atoms with Crippen LogP contribution in [-0.2, 0) is 9.59 Å². The van der Waals surface area contributed by atoms with E-state index in [1.165, 1.54) is 17.0 Å². The van der Waals surface area contributed by atoms with Crippen molar-refractivity contribution < 1.29 is 14.0 Å². The summed E-state index contributed by atoms with van der Waals surface area (Å²) in [6, 6.07) is 5.46. The first-order valence-corrected chi connectivity index (χ1v) is 6.41. The summed E-state index contributed by atoms with van der Waals surface area (Å²) in [4.78, 5) is 27.1. The first-order valence-electron chi connectivity index (χ1n) is 6.41. The van der Waals surface area contributed by atoms with Gasteiger partial charge in [0.2, 0.25) is 11.8 Å². The minimum Gasteiger partial charge on any atom is -0.329 e. The van der Waals surface area contributed by atoms with Gasteiger partial charge in [-0.3, -0.25) is 9.59 Å². The van der Waals surface area contributed by atoms with Gasteiger partial charge in [-0.1, -0.05) is 13.0 Å². The number of amides is 2. The molecule has 4 nitrogen and oxygen atoms in total. The van der Waals surface area contributed by atoms with Crippen LogP contribution in [-0.4, -0.2) is 35.8 Å². The van der Waals surface area contributed by atoms with Crippen molar-refractivity contribution in [2.75, 3.05) is 18.0 Å². The molecule has 19 heavy (non-hydrogen) atoms. The number of rotatable bonds is 2. The summed E-state index contributed by atoms with van der Waals surface area (Å²) in [7, 11) is 0. The second-order valence-electron chi connectivity index (χ2n) is 4.59. The summed E-state index contributed by atoms with van der Waals surface area (Å²) in [5, 5.41) is 0. The summed E-state index contributed by atoms with van der Waals surface area (Å²) in [6.45, 7) is 4.37. The van der Waals surface area contributed by atoms with Crippen LogP contribution in [0.2, 0.25) is 0 Å². The number of hydrogen-bond acceptors (Lipinski definition) is 2. The van der Waals surface area contributed by atoms with Crippen molar-refractivity contribution >= 4 is 17.5 Å². The van der Waals surface area contributed by atoms with Crippen LogP contribution in [0.5, 0.6) is 0 Å². The highest BCUT2D eigenvalue weighted by molar-refractivity contribution is 6.00. The monoisotopic (exact) mass is 264 g/mol. The SMILES string of the molecule is CCC(=O)N1CCN(c2cccc(F)c2)C(=O)C1C. The lowest BCUT2D eigenvalue weighted by molar-refractivity contribution is -0.140. The van der Waals surface area contributed by atoms with E-state index >= 15 is 0 Å². The Bertz CT molecular complexity index is 504. The van der Waals surface area contributed by atoms with E-state index in [4.69, 9.17) is 0 Å². The lowest BCUT2D eigenvalue weighted by Crippen LogP contribution is -2.57. The maximum atomic E-state index is 13.2. The molecule has 0 bridgehead atoms. The van der Waals surface area contributed by atoms with Gasteiger partial charge in [0.15, 0.2) is 0 Å². The number of anilines is 1. The molecule has 0 spiro atoms. The van der Waals surface area contributed by atoms with E-state index < -0.39 is 6.04 Å². The highest BCUT2D eigenvalue weighted by Gasteiger charge is 2.34. The summed E-state index contributed by atoms with van der Waals surface area (Å²) in [6.07, 6.45) is 0.386. The van der Waals surface area contributed by atoms with Gasteiger partial charge in [0, 0.05) is 25.2 Å². The zero-order valence-corrected chi connectivity index (χ0v) is 11.1. The van der Waals surface area contributed by atoms with Crippen LogP contribution in [0.25, 0.3) is 0 Å². The molecule has 102 valence electrons. The number of carbonyl (C=O) groups is 2. The van der Waals surface area contributed by atoms with Gasteiger partial charge in [0.1, 0.15) is 11.9 Å². The Labute approximate surface area is 111 Å². The van der Waals surface area contributed by atoms with Crippen molar-refractivity contribution in [1.29, 1.82) is 0 Å². The maximum Gasteiger partial charge on any atom is 0.249 e. The Balaban J connectivity index is 2.20. The molecule has 1 heterocycles. The Hall–Kier alpha value is -1.91. The first-order chi connectivity index (χ1) is 9.04. The number of carbonyl (C=O) groups excluding carboxylic acids is 2. The van der Waals surface area contributed by atoms with Gasteiger partial charge >= 0.3 is 0 Å². The third-order valence-electron chi connectivity index (χ3n) is 3.40. The van der Waals surface area contributed by atoms with Crippen LogP contribution in [0.3, 0.4) is 0 Å². The molecule has 0 aromatic heterocycles. The highest BCUT2D eigenvalue weighted by Crippen LogP contribution is 2.21. The molecule has 1 aromatic carbocycles. The normalized spacial score (nSPS) is 19.7. The van der Waals surface area contributed by atoms with Crippen LogP contribution in [0.15, 0.2) is 24.3 Å². The fourth-order valence-electron chi connectivity index (χ4n) is 2.31. The smallest absolute Gasteiger partial charge is 0.249 e. The average Bonchev–Trinajstić information content (AvgIpc) is 2.41. The van der Waals surface area contributed by atoms with Gasteiger partial charge in [-0.2, -0.15) is 0 Å². The highest BCUT2D eigenvalue weighted by atomic mass is 19.1. The second-order valence-corrected chi connectivity index (χ2v) is 4.59. The number of hydrogen-bond donors (Lipinski definition) is 0. The number of halogens is 1. The van der Waals surface area contributed by atoms with Gasteiger partial charge < -0.3 is 9.80 Å². The van der Waals surface area contributed by atoms with E-state index in [2.05, 4.69) is 0 Å². The molecular weight excluding hydrogens is 247 g/mol. The molecule has 2 rings (SSSR count). The van der Waals surface area contributed by atoms with Crippen molar-refractivity contribution in [2.24, 2.45) is 0 Å². The molecule has 0 saturated carbocycles. The first kappa shape index (κ1) is 13.5. The average molecular weight is 264 g/mol. The molecule has 0 radical (unpaired) electrons. The van der Waals surface area contributed by atoms with E-state index in [9.17, 15) is 14.0 Å². The largest absolute Gasteiger partial charge is 0.329 e. The van der Waals surface area contributed by atoms with E-state index in [0.717, 1.165) is 0 Å². The second kappa shape index (κ2) is 5.38. The molecule has 1 fully saturated rings. The summed E-state index contributed by atoms with van der Waals surface area (Å²) in [5.41, 5.74) is 0.542. The van der Waals surface area contributed by atoms with Crippen molar-refractivity contribution in [2.45, 2.75) is 26.3 Å². The predicted molar refractivity (Wildman–Crippen MR) is 70.2 cm³/mol. The zero-order valence-electron chi connectivity index (χ0n) is 11.1. The standard InChI is InChI=1S/C14H17FN2O2/c1-3-13(18)16-7-8-17(14(19)10(16)2)12-6-4-5-11(15)9-12/h4-6,9-10H,3,7-8H2,1-2H3. The van der Waals surface area contributed by atoms with Gasteiger partial charge in [-0.15, -0.1) is 0 Å². The molecule has 2 amide bonds. The lowest BCUT2D eigenvalue weighted by Gasteiger charge is -2.39. The van der Waals surface area contributed by atoms with Crippen molar-refractivity contribution in [1.82, 2.24) is 4.90 Å². The van der Waals surface area contributed by atoms with Crippen LogP contribution in [0.1, 0.15) is 20.3 Å². The summed E-state index contributed by atoms with van der Waals surface area (Å²) >= 11 is 0. The van der Waals surface area contributed by atoms with E-state index in [1.54, 1.807) is 30.9 Å². The van der Waals surface area contributed by atoms with E-state index in [0.29, 0.717) is 25.2 Å². The predicted octanol–water partition coefficient (Wildman–Crippen LogP) is 1.80.